The van der Waals surface area contributed by atoms with Gasteiger partial charge in [-0.25, -0.2) is 0 Å². The molecule has 0 bridgehead atoms. The summed E-state index contributed by atoms with van der Waals surface area (Å²) < 4.78 is 11.8. The number of fused-ring (bicyclic) bond motifs is 3. The number of hydrogen-bond donors (Lipinski definition) is 0. The molecule has 178 valence electrons. The maximum atomic E-state index is 13.1. The summed E-state index contributed by atoms with van der Waals surface area (Å²) in [6.07, 6.45) is 6.16. The monoisotopic (exact) mass is 478 g/mol. The van der Waals surface area contributed by atoms with E-state index < -0.39 is 0 Å². The number of nitrogens with zero attached hydrogens (tertiary/aromatic N) is 2. The van der Waals surface area contributed by atoms with E-state index >= 15 is 0 Å². The predicted octanol–water partition coefficient (Wildman–Crippen LogP) is 6.03. The number of aryl methyl sites for hydroxylation is 3. The molecule has 1 aromatic heterocycles. The molecule has 0 N–H and O–H groups in total. The highest BCUT2D eigenvalue weighted by Gasteiger charge is 2.23. The Kier molecular flexibility index (Phi) is 6.30. The molecule has 0 saturated carbocycles. The van der Waals surface area contributed by atoms with E-state index in [-0.39, 0.29) is 5.91 Å². The van der Waals surface area contributed by atoms with Crippen LogP contribution in [0.15, 0.2) is 40.8 Å². The van der Waals surface area contributed by atoms with Gasteiger partial charge in [0.15, 0.2) is 0 Å². The Morgan fingerprint density at radius 3 is 2.62 bits per heavy atom. The van der Waals surface area contributed by atoms with Crippen molar-refractivity contribution >= 4 is 39.7 Å². The van der Waals surface area contributed by atoms with Crippen LogP contribution in [0, 0.1) is 6.92 Å². The molecule has 1 aliphatic heterocycles. The maximum absolute atomic E-state index is 13.1. The first-order valence-corrected chi connectivity index (χ1v) is 12.4. The van der Waals surface area contributed by atoms with Crippen molar-refractivity contribution in [2.45, 2.75) is 39.5 Å². The zero-order valence-corrected chi connectivity index (χ0v) is 20.9. The van der Waals surface area contributed by atoms with Crippen LogP contribution in [0.2, 0.25) is 5.02 Å². The van der Waals surface area contributed by atoms with Gasteiger partial charge in [0.2, 0.25) is 5.91 Å². The quantitative estimate of drug-likeness (QED) is 0.429. The lowest BCUT2D eigenvalue weighted by Crippen LogP contribution is -2.48. The Balaban J connectivity index is 1.35. The van der Waals surface area contributed by atoms with Crippen LogP contribution in [-0.4, -0.2) is 44.1 Å². The number of furan rings is 1. The summed E-state index contributed by atoms with van der Waals surface area (Å²) in [6.45, 7) is 7.02. The molecule has 1 fully saturated rings. The Labute approximate surface area is 205 Å². The largest absolute Gasteiger partial charge is 0.496 e. The lowest BCUT2D eigenvalue weighted by Gasteiger charge is -2.36. The molecular weight excluding hydrogens is 448 g/mol. The summed E-state index contributed by atoms with van der Waals surface area (Å²) in [4.78, 5) is 17.4. The van der Waals surface area contributed by atoms with Gasteiger partial charge in [-0.2, -0.15) is 0 Å². The molecule has 2 aromatic carbocycles. The zero-order valence-electron chi connectivity index (χ0n) is 20.1. The smallest absolute Gasteiger partial charge is 0.246 e. The molecule has 5 rings (SSSR count). The summed E-state index contributed by atoms with van der Waals surface area (Å²) in [6, 6.07) is 10.1. The van der Waals surface area contributed by atoms with Gasteiger partial charge in [-0.05, 0) is 62.4 Å². The molecule has 5 nitrogen and oxygen atoms in total. The fraction of sp³-hybridized carbons (Fsp3) is 0.393. The van der Waals surface area contributed by atoms with Crippen LogP contribution in [0.1, 0.15) is 42.2 Å². The van der Waals surface area contributed by atoms with E-state index in [9.17, 15) is 4.79 Å². The number of anilines is 1. The van der Waals surface area contributed by atoms with Crippen LogP contribution in [0.3, 0.4) is 0 Å². The van der Waals surface area contributed by atoms with Crippen molar-refractivity contribution in [2.75, 3.05) is 38.2 Å². The van der Waals surface area contributed by atoms with Crippen molar-refractivity contribution in [3.63, 3.8) is 0 Å². The Bertz CT molecular complexity index is 1270. The first-order valence-electron chi connectivity index (χ1n) is 12.1. The minimum absolute atomic E-state index is 0.0383. The average Bonchev–Trinajstić information content (AvgIpc) is 3.22. The van der Waals surface area contributed by atoms with Crippen molar-refractivity contribution < 1.29 is 13.9 Å². The number of carbonyl (C=O) groups is 1. The maximum Gasteiger partial charge on any atom is 0.246 e. The minimum Gasteiger partial charge on any atom is -0.496 e. The summed E-state index contributed by atoms with van der Waals surface area (Å²) in [7, 11) is 1.67. The highest BCUT2D eigenvalue weighted by Crippen LogP contribution is 2.38. The summed E-state index contributed by atoms with van der Waals surface area (Å²) in [5, 5.41) is 1.89. The van der Waals surface area contributed by atoms with Crippen LogP contribution in [0.5, 0.6) is 5.75 Å². The van der Waals surface area contributed by atoms with Gasteiger partial charge in [-0.1, -0.05) is 17.7 Å². The first kappa shape index (κ1) is 22.9. The highest BCUT2D eigenvalue weighted by molar-refractivity contribution is 6.30. The Morgan fingerprint density at radius 1 is 1.09 bits per heavy atom. The van der Waals surface area contributed by atoms with Crippen LogP contribution in [0.4, 0.5) is 5.69 Å². The molecule has 1 saturated heterocycles. The van der Waals surface area contributed by atoms with Crippen molar-refractivity contribution in [3.05, 3.63) is 63.9 Å². The number of allylic oxidation sites excluding steroid dienone is 1. The van der Waals surface area contributed by atoms with E-state index in [1.54, 1.807) is 13.2 Å². The molecule has 1 aliphatic carbocycles. The number of halogens is 1. The van der Waals surface area contributed by atoms with Crippen LogP contribution >= 0.6 is 11.6 Å². The van der Waals surface area contributed by atoms with Crippen molar-refractivity contribution in [3.8, 4) is 5.75 Å². The molecule has 0 spiro atoms. The Morgan fingerprint density at radius 2 is 1.85 bits per heavy atom. The number of methoxy groups -OCH3 is 1. The topological polar surface area (TPSA) is 45.9 Å². The third kappa shape index (κ3) is 4.29. The van der Waals surface area contributed by atoms with Gasteiger partial charge in [-0.15, -0.1) is 0 Å². The van der Waals surface area contributed by atoms with Crippen LogP contribution in [-0.2, 0) is 17.6 Å². The fourth-order valence-electron chi connectivity index (χ4n) is 5.21. The second-order valence-corrected chi connectivity index (χ2v) is 9.77. The van der Waals surface area contributed by atoms with Gasteiger partial charge >= 0.3 is 0 Å². The van der Waals surface area contributed by atoms with E-state index in [0.717, 1.165) is 70.3 Å². The molecule has 2 aliphatic rings. The number of carbonyl (C=O) groups excluding carboxylic acids is 1. The number of benzene rings is 2. The van der Waals surface area contributed by atoms with Gasteiger partial charge in [0.25, 0.3) is 0 Å². The molecular formula is C28H31ClN2O3. The van der Waals surface area contributed by atoms with E-state index in [1.807, 2.05) is 36.1 Å². The van der Waals surface area contributed by atoms with Gasteiger partial charge in [0, 0.05) is 72.0 Å². The standard InChI is InChI=1S/C28H31ClN2O3/c1-18-8-9-20(29)15-24(18)30-10-12-31(13-11-30)28(32)14-19(2)22-16-23-21-6-4-5-7-25(21)34-27(23)17-26(22)33-3/h8-9,14-17H,4-7,10-13H2,1-3H3/b19-14+. The number of hydrogen-bond acceptors (Lipinski definition) is 4. The normalized spacial score (nSPS) is 16.6. The lowest BCUT2D eigenvalue weighted by molar-refractivity contribution is -0.126. The molecule has 6 heteroatoms. The molecule has 2 heterocycles. The number of ether oxygens (including phenoxy) is 1. The summed E-state index contributed by atoms with van der Waals surface area (Å²) >= 11 is 6.21. The van der Waals surface area contributed by atoms with E-state index in [0.29, 0.717) is 13.1 Å². The first-order chi connectivity index (χ1) is 16.4. The molecule has 0 atom stereocenters. The van der Waals surface area contributed by atoms with Gasteiger partial charge in [0.1, 0.15) is 17.1 Å². The average molecular weight is 479 g/mol. The predicted molar refractivity (Wildman–Crippen MR) is 138 cm³/mol. The SMILES string of the molecule is COc1cc2oc3c(c2cc1/C(C)=C/C(=O)N1CCN(c2cc(Cl)ccc2C)CC1)CCCC3. The number of amides is 1. The fourth-order valence-corrected chi connectivity index (χ4v) is 5.38. The molecule has 34 heavy (non-hydrogen) atoms. The van der Waals surface area contributed by atoms with E-state index in [1.165, 1.54) is 24.0 Å². The second kappa shape index (κ2) is 9.38. The number of piperazine rings is 1. The summed E-state index contributed by atoms with van der Waals surface area (Å²) in [5.74, 6) is 1.88. The van der Waals surface area contributed by atoms with Crippen molar-refractivity contribution in [2.24, 2.45) is 0 Å². The van der Waals surface area contributed by atoms with Gasteiger partial charge in [0.05, 0.1) is 7.11 Å². The van der Waals surface area contributed by atoms with Crippen molar-refractivity contribution in [1.82, 2.24) is 4.90 Å². The van der Waals surface area contributed by atoms with Crippen LogP contribution < -0.4 is 9.64 Å². The van der Waals surface area contributed by atoms with E-state index in [2.05, 4.69) is 17.9 Å². The molecule has 1 amide bonds. The zero-order chi connectivity index (χ0) is 23.8. The molecule has 0 radical (unpaired) electrons. The lowest BCUT2D eigenvalue weighted by atomic mass is 9.94. The second-order valence-electron chi connectivity index (χ2n) is 9.33. The van der Waals surface area contributed by atoms with Gasteiger partial charge < -0.3 is 19.0 Å². The molecule has 0 unspecified atom stereocenters. The van der Waals surface area contributed by atoms with Crippen LogP contribution in [0.25, 0.3) is 16.5 Å². The Hall–Kier alpha value is -2.92. The third-order valence-corrected chi connectivity index (χ3v) is 7.38. The number of rotatable bonds is 4. The summed E-state index contributed by atoms with van der Waals surface area (Å²) in [5.41, 5.74) is 6.39. The van der Waals surface area contributed by atoms with E-state index in [4.69, 9.17) is 20.8 Å². The minimum atomic E-state index is 0.0383. The molecule has 3 aromatic rings. The highest BCUT2D eigenvalue weighted by atomic mass is 35.5. The third-order valence-electron chi connectivity index (χ3n) is 7.15. The van der Waals surface area contributed by atoms with Crippen molar-refractivity contribution in [1.29, 1.82) is 0 Å². The van der Waals surface area contributed by atoms with Gasteiger partial charge in [-0.3, -0.25) is 4.79 Å².